The zero-order valence-electron chi connectivity index (χ0n) is 11.2. The van der Waals surface area contributed by atoms with E-state index in [4.69, 9.17) is 27.8 Å². The molecule has 1 aliphatic rings. The van der Waals surface area contributed by atoms with Gasteiger partial charge < -0.3 is 25.8 Å². The van der Waals surface area contributed by atoms with Crippen LogP contribution in [0.25, 0.3) is 11.2 Å². The van der Waals surface area contributed by atoms with Crippen molar-refractivity contribution in [2.45, 2.75) is 24.5 Å². The summed E-state index contributed by atoms with van der Waals surface area (Å²) in [6.07, 6.45) is -2.43. The molecule has 21 heavy (non-hydrogen) atoms. The van der Waals surface area contributed by atoms with E-state index in [2.05, 4.69) is 9.97 Å². The molecule has 1 saturated heterocycles. The van der Waals surface area contributed by atoms with Crippen molar-refractivity contribution >= 4 is 29.3 Å². The van der Waals surface area contributed by atoms with E-state index in [0.717, 1.165) is 0 Å². The number of rotatable bonds is 2. The first kappa shape index (κ1) is 14.4. The summed E-state index contributed by atoms with van der Waals surface area (Å²) in [5, 5.41) is 29.1. The molecule has 114 valence electrons. The Hall–Kier alpha value is -1.59. The van der Waals surface area contributed by atoms with Gasteiger partial charge in [-0.2, -0.15) is 4.98 Å². The lowest BCUT2D eigenvalue weighted by atomic mass is 10.1. The maximum atomic E-state index is 10.1. The first-order chi connectivity index (χ1) is 9.93. The van der Waals surface area contributed by atoms with Crippen LogP contribution >= 0.6 is 12.2 Å². The molecule has 9 nitrogen and oxygen atoms in total. The predicted molar refractivity (Wildman–Crippen MR) is 73.5 cm³/mol. The Labute approximate surface area is 124 Å². The lowest BCUT2D eigenvalue weighted by Crippen LogP contribution is -2.46. The number of ether oxygens (including phenoxy) is 1. The van der Waals surface area contributed by atoms with Crippen LogP contribution in [-0.2, 0) is 11.8 Å². The summed E-state index contributed by atoms with van der Waals surface area (Å²) in [5.41, 5.74) is 6.81. The molecule has 0 bridgehead atoms. The SMILES string of the molecule is Cn1c[n+](C2OC(CO)C(O)C2O)c2[nH]c(N)nc(=S)c21. The number of aromatic amines is 1. The molecule has 0 radical (unpaired) electrons. The molecule has 6 N–H and O–H groups in total. The van der Waals surface area contributed by atoms with Crippen molar-refractivity contribution in [2.24, 2.45) is 7.05 Å². The standard InChI is InChI=1S/C11H15N5O4S/c1-15-3-16(8-5(15)9(21)14-11(12)13-8)10-7(19)6(18)4(2-17)20-10/h3-4,6-7,10,17-19H,2H2,1H3,(H2-,12,13,14,21)/p+1. The highest BCUT2D eigenvalue weighted by molar-refractivity contribution is 7.71. The van der Waals surface area contributed by atoms with Crippen LogP contribution in [0.2, 0.25) is 0 Å². The van der Waals surface area contributed by atoms with Gasteiger partial charge >= 0.3 is 0 Å². The van der Waals surface area contributed by atoms with E-state index in [-0.39, 0.29) is 12.6 Å². The largest absolute Gasteiger partial charge is 0.394 e. The quantitative estimate of drug-likeness (QED) is 0.323. The number of nitrogen functional groups attached to an aromatic ring is 1. The van der Waals surface area contributed by atoms with Crippen molar-refractivity contribution in [3.8, 4) is 0 Å². The molecule has 2 aromatic heterocycles. The molecule has 1 fully saturated rings. The molecule has 0 spiro atoms. The summed E-state index contributed by atoms with van der Waals surface area (Å²) in [7, 11) is 1.77. The van der Waals surface area contributed by atoms with E-state index >= 15 is 0 Å². The van der Waals surface area contributed by atoms with Crippen LogP contribution in [0.3, 0.4) is 0 Å². The first-order valence-corrected chi connectivity index (χ1v) is 6.73. The molecule has 1 aliphatic heterocycles. The molecule has 0 aliphatic carbocycles. The van der Waals surface area contributed by atoms with Crippen molar-refractivity contribution in [1.29, 1.82) is 0 Å². The zero-order valence-corrected chi connectivity index (χ0v) is 12.0. The summed E-state index contributed by atoms with van der Waals surface area (Å²) < 4.78 is 9.11. The van der Waals surface area contributed by atoms with Gasteiger partial charge in [-0.25, -0.2) is 9.55 Å². The fourth-order valence-electron chi connectivity index (χ4n) is 2.58. The molecular weight excluding hydrogens is 298 g/mol. The number of aryl methyl sites for hydroxylation is 1. The minimum absolute atomic E-state index is 0.138. The Morgan fingerprint density at radius 2 is 2.24 bits per heavy atom. The third kappa shape index (κ3) is 2.12. The van der Waals surface area contributed by atoms with Gasteiger partial charge in [-0.1, -0.05) is 12.2 Å². The van der Waals surface area contributed by atoms with Crippen LogP contribution in [0.1, 0.15) is 6.23 Å². The number of aromatic nitrogens is 4. The van der Waals surface area contributed by atoms with Crippen molar-refractivity contribution in [3.63, 3.8) is 0 Å². The van der Waals surface area contributed by atoms with E-state index in [9.17, 15) is 10.2 Å². The second-order valence-corrected chi connectivity index (χ2v) is 5.37. The van der Waals surface area contributed by atoms with Gasteiger partial charge in [0.15, 0.2) is 11.0 Å². The number of aliphatic hydroxyl groups excluding tert-OH is 3. The second-order valence-electron chi connectivity index (χ2n) is 4.99. The third-order valence-electron chi connectivity index (χ3n) is 3.60. The van der Waals surface area contributed by atoms with Crippen molar-refractivity contribution in [3.05, 3.63) is 11.0 Å². The molecule has 0 aromatic carbocycles. The molecule has 3 rings (SSSR count). The zero-order chi connectivity index (χ0) is 15.3. The van der Waals surface area contributed by atoms with Crippen LogP contribution in [0.4, 0.5) is 5.95 Å². The van der Waals surface area contributed by atoms with Gasteiger partial charge in [-0.15, -0.1) is 0 Å². The van der Waals surface area contributed by atoms with Crippen LogP contribution in [0.5, 0.6) is 0 Å². The minimum Gasteiger partial charge on any atom is -0.394 e. The maximum absolute atomic E-state index is 10.1. The summed E-state index contributed by atoms with van der Waals surface area (Å²) in [4.78, 5) is 6.85. The summed E-state index contributed by atoms with van der Waals surface area (Å²) >= 11 is 5.18. The van der Waals surface area contributed by atoms with E-state index < -0.39 is 24.5 Å². The predicted octanol–water partition coefficient (Wildman–Crippen LogP) is -1.89. The van der Waals surface area contributed by atoms with Gasteiger partial charge in [0, 0.05) is 0 Å². The molecule has 4 atom stereocenters. The number of hydrogen-bond acceptors (Lipinski definition) is 7. The highest BCUT2D eigenvalue weighted by atomic mass is 32.1. The van der Waals surface area contributed by atoms with Crippen molar-refractivity contribution in [1.82, 2.24) is 14.5 Å². The number of nitrogens with one attached hydrogen (secondary N) is 1. The number of imidazole rings is 1. The Morgan fingerprint density at radius 1 is 1.52 bits per heavy atom. The first-order valence-electron chi connectivity index (χ1n) is 6.32. The molecule has 0 saturated carbocycles. The van der Waals surface area contributed by atoms with Gasteiger partial charge in [0.1, 0.15) is 18.3 Å². The monoisotopic (exact) mass is 314 g/mol. The summed E-state index contributed by atoms with van der Waals surface area (Å²) in [5.74, 6) is 0.138. The van der Waals surface area contributed by atoms with Crippen LogP contribution in [-0.4, -0.2) is 54.8 Å². The highest BCUT2D eigenvalue weighted by Gasteiger charge is 2.46. The smallest absolute Gasteiger partial charge is 0.273 e. The summed E-state index contributed by atoms with van der Waals surface area (Å²) in [6, 6.07) is 0. The van der Waals surface area contributed by atoms with Gasteiger partial charge in [-0.3, -0.25) is 4.57 Å². The number of aliphatic hydroxyl groups is 3. The van der Waals surface area contributed by atoms with E-state index in [1.54, 1.807) is 22.5 Å². The number of nitrogens with zero attached hydrogens (tertiary/aromatic N) is 3. The van der Waals surface area contributed by atoms with Crippen LogP contribution in [0, 0.1) is 4.64 Å². The van der Waals surface area contributed by atoms with Gasteiger partial charge in [0.25, 0.3) is 11.6 Å². The number of anilines is 1. The minimum atomic E-state index is -1.19. The Bertz CT molecular complexity index is 744. The topological polar surface area (TPSA) is 133 Å². The molecular formula is C11H16N5O4S+. The van der Waals surface area contributed by atoms with E-state index in [0.29, 0.717) is 15.8 Å². The Kier molecular flexibility index (Phi) is 3.42. The van der Waals surface area contributed by atoms with E-state index in [1.807, 2.05) is 0 Å². The van der Waals surface area contributed by atoms with Gasteiger partial charge in [0.2, 0.25) is 11.7 Å². The summed E-state index contributed by atoms with van der Waals surface area (Å²) in [6.45, 7) is -0.389. The fraction of sp³-hybridized carbons (Fsp3) is 0.545. The van der Waals surface area contributed by atoms with Crippen molar-refractivity contribution < 1.29 is 24.6 Å². The van der Waals surface area contributed by atoms with Crippen LogP contribution in [0.15, 0.2) is 6.33 Å². The normalized spacial score (nSPS) is 29.3. The molecule has 2 aromatic rings. The van der Waals surface area contributed by atoms with Crippen molar-refractivity contribution in [2.75, 3.05) is 12.3 Å². The Balaban J connectivity index is 2.16. The Morgan fingerprint density at radius 3 is 2.86 bits per heavy atom. The van der Waals surface area contributed by atoms with Gasteiger partial charge in [0.05, 0.1) is 13.7 Å². The second kappa shape index (κ2) is 5.00. The fourth-order valence-corrected chi connectivity index (χ4v) is 2.92. The van der Waals surface area contributed by atoms with E-state index in [1.165, 1.54) is 0 Å². The average molecular weight is 314 g/mol. The van der Waals surface area contributed by atoms with Crippen LogP contribution < -0.4 is 10.3 Å². The number of nitrogens with two attached hydrogens (primary N) is 1. The van der Waals surface area contributed by atoms with Gasteiger partial charge in [-0.05, 0) is 0 Å². The maximum Gasteiger partial charge on any atom is 0.273 e. The molecule has 3 heterocycles. The number of fused-ring (bicyclic) bond motifs is 1. The average Bonchev–Trinajstić information content (AvgIpc) is 2.89. The lowest BCUT2D eigenvalue weighted by molar-refractivity contribution is -0.745. The lowest BCUT2D eigenvalue weighted by Gasteiger charge is -2.12. The number of H-pyrrole nitrogens is 1. The number of hydrogen-bond donors (Lipinski definition) is 5. The molecule has 10 heteroatoms. The third-order valence-corrected chi connectivity index (χ3v) is 3.88. The molecule has 0 amide bonds. The highest BCUT2D eigenvalue weighted by Crippen LogP contribution is 2.26. The molecule has 4 unspecified atom stereocenters.